The average Bonchev–Trinajstić information content (AvgIpc) is 2.86. The summed E-state index contributed by atoms with van der Waals surface area (Å²) >= 11 is 0. The molecular weight excluding hydrogens is 324 g/mol. The molecule has 142 valence electrons. The number of hydrogen-bond donors (Lipinski definition) is 2. The van der Waals surface area contributed by atoms with Gasteiger partial charge in [-0.25, -0.2) is 0 Å². The van der Waals surface area contributed by atoms with E-state index < -0.39 is 5.60 Å². The van der Waals surface area contributed by atoms with Crippen molar-refractivity contribution in [2.75, 3.05) is 6.61 Å². The first-order chi connectivity index (χ1) is 12.3. The van der Waals surface area contributed by atoms with E-state index in [9.17, 15) is 9.90 Å². The van der Waals surface area contributed by atoms with E-state index in [4.69, 9.17) is 5.11 Å². The van der Waals surface area contributed by atoms with Crippen LogP contribution in [0.15, 0.2) is 11.6 Å². The second-order valence-corrected chi connectivity index (χ2v) is 9.75. The fourth-order valence-electron chi connectivity index (χ4n) is 7.47. The number of fused-ring (bicyclic) bond motifs is 5. The van der Waals surface area contributed by atoms with Crippen LogP contribution in [-0.2, 0) is 4.79 Å². The van der Waals surface area contributed by atoms with E-state index in [0.717, 1.165) is 32.1 Å². The predicted octanol–water partition coefficient (Wildman–Crippen LogP) is 3.49. The third kappa shape index (κ3) is 2.25. The lowest BCUT2D eigenvalue weighted by Gasteiger charge is -2.60. The Kier molecular flexibility index (Phi) is 4.18. The molecule has 2 N–H and O–H groups in total. The van der Waals surface area contributed by atoms with E-state index in [1.165, 1.54) is 12.0 Å². The van der Waals surface area contributed by atoms with Crippen LogP contribution >= 0.6 is 0 Å². The predicted molar refractivity (Wildman–Crippen MR) is 101 cm³/mol. The number of carbonyl (C=O) groups excluding carboxylic acids is 1. The van der Waals surface area contributed by atoms with Gasteiger partial charge in [-0.05, 0) is 80.6 Å². The van der Waals surface area contributed by atoms with Gasteiger partial charge in [-0.2, -0.15) is 0 Å². The van der Waals surface area contributed by atoms with E-state index in [0.29, 0.717) is 35.9 Å². The van der Waals surface area contributed by atoms with Crippen molar-refractivity contribution in [3.05, 3.63) is 11.6 Å². The van der Waals surface area contributed by atoms with Gasteiger partial charge in [-0.15, -0.1) is 0 Å². The summed E-state index contributed by atoms with van der Waals surface area (Å²) in [6.07, 6.45) is 8.76. The second kappa shape index (κ2) is 5.94. The highest BCUT2D eigenvalue weighted by Crippen LogP contribution is 2.68. The monoisotopic (exact) mass is 356 g/mol. The minimum absolute atomic E-state index is 0.135. The van der Waals surface area contributed by atoms with Gasteiger partial charge in [0, 0.05) is 11.8 Å². The molecule has 0 aliphatic heterocycles. The van der Waals surface area contributed by atoms with Gasteiger partial charge in [0.1, 0.15) is 12.2 Å². The SMILES string of the molecule is CC1=CC(=O)C[C@@H]2CC[C@@H]3[C@H](CC[C@@]4(C)[C@H]3CC[C@@]4(O)C#CCO)[C@@]12C. The smallest absolute Gasteiger partial charge is 0.155 e. The molecule has 0 amide bonds. The summed E-state index contributed by atoms with van der Waals surface area (Å²) in [6.45, 7) is 6.61. The second-order valence-electron chi connectivity index (χ2n) is 9.75. The number of hydrogen-bond acceptors (Lipinski definition) is 3. The van der Waals surface area contributed by atoms with Crippen molar-refractivity contribution in [1.82, 2.24) is 0 Å². The molecule has 4 aliphatic rings. The number of aliphatic hydroxyl groups is 2. The van der Waals surface area contributed by atoms with Crippen LogP contribution < -0.4 is 0 Å². The molecule has 0 unspecified atom stereocenters. The Balaban J connectivity index is 1.69. The van der Waals surface area contributed by atoms with Crippen LogP contribution in [0.3, 0.4) is 0 Å². The van der Waals surface area contributed by atoms with Crippen molar-refractivity contribution in [3.63, 3.8) is 0 Å². The Hall–Kier alpha value is -1.11. The molecule has 3 fully saturated rings. The molecule has 0 aromatic heterocycles. The van der Waals surface area contributed by atoms with E-state index in [-0.39, 0.29) is 17.4 Å². The van der Waals surface area contributed by atoms with E-state index in [1.54, 1.807) is 0 Å². The molecule has 0 spiro atoms. The highest BCUT2D eigenvalue weighted by atomic mass is 16.3. The van der Waals surface area contributed by atoms with Crippen LogP contribution in [0.25, 0.3) is 0 Å². The van der Waals surface area contributed by atoms with Crippen LogP contribution in [0.5, 0.6) is 0 Å². The highest BCUT2D eigenvalue weighted by Gasteiger charge is 2.64. The third-order valence-corrected chi connectivity index (χ3v) is 9.10. The van der Waals surface area contributed by atoms with Crippen LogP contribution in [0.2, 0.25) is 0 Å². The summed E-state index contributed by atoms with van der Waals surface area (Å²) in [4.78, 5) is 12.1. The van der Waals surface area contributed by atoms with Gasteiger partial charge < -0.3 is 10.2 Å². The summed E-state index contributed by atoms with van der Waals surface area (Å²) in [5.74, 6) is 8.25. The molecule has 0 aromatic carbocycles. The van der Waals surface area contributed by atoms with E-state index in [2.05, 4.69) is 32.6 Å². The largest absolute Gasteiger partial charge is 0.384 e. The first-order valence-corrected chi connectivity index (χ1v) is 10.3. The summed E-state index contributed by atoms with van der Waals surface area (Å²) in [5.41, 5.74) is 0.277. The number of ketones is 1. The minimum atomic E-state index is -0.962. The number of rotatable bonds is 0. The standard InChI is InChI=1S/C23H32O3/c1-15-13-17(25)14-16-5-6-18-19-8-11-23(26,9-4-12-24)21(19,2)10-7-20(18)22(15,16)3/h13,16,18-20,24,26H,5-8,10-12,14H2,1-3H3/t16-,18-,19-,20-,21-,22-,23-/m0/s1. The van der Waals surface area contributed by atoms with Crippen molar-refractivity contribution in [3.8, 4) is 11.8 Å². The highest BCUT2D eigenvalue weighted by molar-refractivity contribution is 5.91. The molecule has 0 bridgehead atoms. The topological polar surface area (TPSA) is 57.5 Å². The molecule has 3 saturated carbocycles. The summed E-state index contributed by atoms with van der Waals surface area (Å²) in [7, 11) is 0. The van der Waals surface area contributed by atoms with Crippen molar-refractivity contribution in [2.45, 2.75) is 71.3 Å². The fourth-order valence-corrected chi connectivity index (χ4v) is 7.47. The Morgan fingerprint density at radius 3 is 2.62 bits per heavy atom. The lowest BCUT2D eigenvalue weighted by Crippen LogP contribution is -2.56. The summed E-state index contributed by atoms with van der Waals surface area (Å²) in [5, 5.41) is 20.4. The number of carbonyl (C=O) groups is 1. The lowest BCUT2D eigenvalue weighted by atomic mass is 9.44. The summed E-state index contributed by atoms with van der Waals surface area (Å²) < 4.78 is 0. The normalized spacial score (nSPS) is 50.0. The van der Waals surface area contributed by atoms with Gasteiger partial charge in [0.2, 0.25) is 0 Å². The van der Waals surface area contributed by atoms with Crippen LogP contribution in [-0.4, -0.2) is 28.2 Å². The van der Waals surface area contributed by atoms with Gasteiger partial charge >= 0.3 is 0 Å². The molecule has 3 heteroatoms. The van der Waals surface area contributed by atoms with Crippen molar-refractivity contribution in [2.24, 2.45) is 34.5 Å². The maximum Gasteiger partial charge on any atom is 0.155 e. The third-order valence-electron chi connectivity index (χ3n) is 9.10. The molecule has 4 rings (SSSR count). The van der Waals surface area contributed by atoms with E-state index >= 15 is 0 Å². The molecule has 4 aliphatic carbocycles. The Labute approximate surface area is 157 Å². The molecule has 7 atom stereocenters. The molecule has 0 saturated heterocycles. The zero-order chi connectivity index (χ0) is 18.7. The zero-order valence-electron chi connectivity index (χ0n) is 16.3. The van der Waals surface area contributed by atoms with Gasteiger partial charge in [0.15, 0.2) is 5.78 Å². The maximum atomic E-state index is 12.1. The van der Waals surface area contributed by atoms with Crippen LogP contribution in [0.1, 0.15) is 65.7 Å². The first kappa shape index (κ1) is 18.3. The minimum Gasteiger partial charge on any atom is -0.384 e. The number of aliphatic hydroxyl groups excluding tert-OH is 1. The molecule has 3 nitrogen and oxygen atoms in total. The van der Waals surface area contributed by atoms with Crippen molar-refractivity contribution >= 4 is 5.78 Å². The zero-order valence-corrected chi connectivity index (χ0v) is 16.3. The van der Waals surface area contributed by atoms with Crippen molar-refractivity contribution in [1.29, 1.82) is 0 Å². The fraction of sp³-hybridized carbons (Fsp3) is 0.783. The maximum absolute atomic E-state index is 12.1. The number of allylic oxidation sites excluding steroid dienone is 2. The molecular formula is C23H32O3. The van der Waals surface area contributed by atoms with Crippen LogP contribution in [0.4, 0.5) is 0 Å². The van der Waals surface area contributed by atoms with E-state index in [1.807, 2.05) is 6.08 Å². The average molecular weight is 357 g/mol. The van der Waals surface area contributed by atoms with Crippen molar-refractivity contribution < 1.29 is 15.0 Å². The molecule has 0 radical (unpaired) electrons. The Morgan fingerprint density at radius 2 is 1.88 bits per heavy atom. The Morgan fingerprint density at radius 1 is 1.15 bits per heavy atom. The quantitative estimate of drug-likeness (QED) is 0.653. The first-order valence-electron chi connectivity index (χ1n) is 10.3. The van der Waals surface area contributed by atoms with Crippen LogP contribution in [0, 0.1) is 46.3 Å². The Bertz CT molecular complexity index is 713. The van der Waals surface area contributed by atoms with Gasteiger partial charge in [0.25, 0.3) is 0 Å². The summed E-state index contributed by atoms with van der Waals surface area (Å²) in [6, 6.07) is 0. The molecule has 26 heavy (non-hydrogen) atoms. The van der Waals surface area contributed by atoms with Gasteiger partial charge in [0.05, 0.1) is 0 Å². The van der Waals surface area contributed by atoms with Gasteiger partial charge in [-0.3, -0.25) is 4.79 Å². The molecule has 0 aromatic rings. The lowest BCUT2D eigenvalue weighted by molar-refractivity contribution is -0.130. The molecule has 0 heterocycles. The van der Waals surface area contributed by atoms with Gasteiger partial charge in [-0.1, -0.05) is 31.3 Å².